The van der Waals surface area contributed by atoms with E-state index in [9.17, 15) is 18.4 Å². The third-order valence-corrected chi connectivity index (χ3v) is 5.73. The number of ether oxygens (including phenoxy) is 1. The summed E-state index contributed by atoms with van der Waals surface area (Å²) < 4.78 is 32.4. The Morgan fingerprint density at radius 1 is 1.09 bits per heavy atom. The molecule has 2 aromatic carbocycles. The first-order valence-electron chi connectivity index (χ1n) is 10.9. The molecule has 6 nitrogen and oxygen atoms in total. The normalized spacial score (nSPS) is 11.9. The van der Waals surface area contributed by atoms with E-state index in [1.165, 1.54) is 18.3 Å². The van der Waals surface area contributed by atoms with Gasteiger partial charge < -0.3 is 15.4 Å². The van der Waals surface area contributed by atoms with Gasteiger partial charge in [-0.25, -0.2) is 13.8 Å². The highest BCUT2D eigenvalue weighted by Gasteiger charge is 2.18. The SMILES string of the molecule is CC(C)COCc1ccccc1-c1cnc(NC(=O)C(C)NC(=O)Cc2cc(F)cc(F)c2)s1. The van der Waals surface area contributed by atoms with Crippen molar-refractivity contribution in [2.75, 3.05) is 11.9 Å². The van der Waals surface area contributed by atoms with Crippen molar-refractivity contribution in [3.63, 3.8) is 0 Å². The minimum atomic E-state index is -0.866. The largest absolute Gasteiger partial charge is 0.376 e. The van der Waals surface area contributed by atoms with Gasteiger partial charge in [0.2, 0.25) is 11.8 Å². The molecule has 180 valence electrons. The molecule has 1 heterocycles. The second kappa shape index (κ2) is 11.8. The number of amides is 2. The van der Waals surface area contributed by atoms with Crippen LogP contribution in [0, 0.1) is 17.6 Å². The lowest BCUT2D eigenvalue weighted by atomic mass is 10.1. The van der Waals surface area contributed by atoms with Crippen LogP contribution in [0.3, 0.4) is 0 Å². The van der Waals surface area contributed by atoms with E-state index in [0.717, 1.165) is 34.2 Å². The molecule has 1 atom stereocenters. The number of hydrogen-bond acceptors (Lipinski definition) is 5. The van der Waals surface area contributed by atoms with E-state index in [2.05, 4.69) is 29.5 Å². The Balaban J connectivity index is 1.58. The minimum Gasteiger partial charge on any atom is -0.376 e. The summed E-state index contributed by atoms with van der Waals surface area (Å²) in [4.78, 5) is 29.9. The number of hydrogen-bond donors (Lipinski definition) is 2. The van der Waals surface area contributed by atoms with Gasteiger partial charge in [0.1, 0.15) is 17.7 Å². The molecule has 0 bridgehead atoms. The lowest BCUT2D eigenvalue weighted by Crippen LogP contribution is -2.42. The number of carbonyl (C=O) groups is 2. The number of halogens is 2. The maximum atomic E-state index is 13.3. The number of aromatic nitrogens is 1. The van der Waals surface area contributed by atoms with E-state index in [1.54, 1.807) is 6.20 Å². The average molecular weight is 488 g/mol. The van der Waals surface area contributed by atoms with Gasteiger partial charge in [0, 0.05) is 18.9 Å². The lowest BCUT2D eigenvalue weighted by molar-refractivity contribution is -0.125. The molecule has 0 radical (unpaired) electrons. The van der Waals surface area contributed by atoms with Gasteiger partial charge in [-0.1, -0.05) is 49.4 Å². The number of thiazole rings is 1. The zero-order valence-corrected chi connectivity index (χ0v) is 20.0. The number of nitrogens with one attached hydrogen (secondary N) is 2. The van der Waals surface area contributed by atoms with E-state index in [1.807, 2.05) is 24.3 Å². The fraction of sp³-hybridized carbons (Fsp3) is 0.320. The summed E-state index contributed by atoms with van der Waals surface area (Å²) in [5.74, 6) is -2.06. The Hall–Kier alpha value is -3.17. The van der Waals surface area contributed by atoms with Crippen LogP contribution in [0.5, 0.6) is 0 Å². The van der Waals surface area contributed by atoms with E-state index in [-0.39, 0.29) is 12.0 Å². The summed E-state index contributed by atoms with van der Waals surface area (Å²) in [6.45, 7) is 6.85. The van der Waals surface area contributed by atoms with Crippen LogP contribution in [-0.2, 0) is 27.4 Å². The summed E-state index contributed by atoms with van der Waals surface area (Å²) in [6.07, 6.45) is 1.44. The van der Waals surface area contributed by atoms with Crippen LogP contribution in [0.15, 0.2) is 48.7 Å². The highest BCUT2D eigenvalue weighted by Crippen LogP contribution is 2.32. The van der Waals surface area contributed by atoms with Gasteiger partial charge in [0.15, 0.2) is 5.13 Å². The summed E-state index contributed by atoms with van der Waals surface area (Å²) >= 11 is 1.32. The third-order valence-electron chi connectivity index (χ3n) is 4.79. The number of anilines is 1. The molecule has 2 amide bonds. The van der Waals surface area contributed by atoms with Crippen molar-refractivity contribution in [3.05, 3.63) is 71.4 Å². The Bertz CT molecular complexity index is 1130. The molecule has 0 aliphatic rings. The zero-order valence-electron chi connectivity index (χ0n) is 19.2. The molecule has 0 saturated heterocycles. The monoisotopic (exact) mass is 487 g/mol. The molecule has 0 fully saturated rings. The van der Waals surface area contributed by atoms with Crippen molar-refractivity contribution < 1.29 is 23.1 Å². The van der Waals surface area contributed by atoms with E-state index < -0.39 is 29.5 Å². The van der Waals surface area contributed by atoms with Crippen molar-refractivity contribution >= 4 is 28.3 Å². The van der Waals surface area contributed by atoms with E-state index in [0.29, 0.717) is 24.3 Å². The first-order valence-corrected chi connectivity index (χ1v) is 11.7. The number of benzene rings is 2. The third kappa shape index (κ3) is 7.43. The fourth-order valence-electron chi connectivity index (χ4n) is 3.22. The Kier molecular flexibility index (Phi) is 8.84. The van der Waals surface area contributed by atoms with Gasteiger partial charge in [0.05, 0.1) is 17.9 Å². The van der Waals surface area contributed by atoms with Crippen LogP contribution in [-0.4, -0.2) is 29.4 Å². The predicted octanol–water partition coefficient (Wildman–Crippen LogP) is 4.95. The minimum absolute atomic E-state index is 0.184. The summed E-state index contributed by atoms with van der Waals surface area (Å²) in [6, 6.07) is 9.88. The molecule has 0 aliphatic carbocycles. The molecular formula is C25H27F2N3O3S. The van der Waals surface area contributed by atoms with Crippen LogP contribution in [0.25, 0.3) is 10.4 Å². The van der Waals surface area contributed by atoms with Crippen LogP contribution in [0.4, 0.5) is 13.9 Å². The molecular weight excluding hydrogens is 460 g/mol. The van der Waals surface area contributed by atoms with Gasteiger partial charge in [-0.3, -0.25) is 9.59 Å². The van der Waals surface area contributed by atoms with Crippen molar-refractivity contribution in [1.82, 2.24) is 10.3 Å². The van der Waals surface area contributed by atoms with Crippen molar-refractivity contribution in [1.29, 1.82) is 0 Å². The van der Waals surface area contributed by atoms with Gasteiger partial charge in [0.25, 0.3) is 0 Å². The fourth-order valence-corrected chi connectivity index (χ4v) is 4.10. The first-order chi connectivity index (χ1) is 16.2. The Labute approximate surface area is 201 Å². The molecule has 2 N–H and O–H groups in total. The Morgan fingerprint density at radius 2 is 1.79 bits per heavy atom. The van der Waals surface area contributed by atoms with Gasteiger partial charge in [-0.2, -0.15) is 0 Å². The average Bonchev–Trinajstić information content (AvgIpc) is 3.21. The predicted molar refractivity (Wildman–Crippen MR) is 128 cm³/mol. The maximum Gasteiger partial charge on any atom is 0.248 e. The smallest absolute Gasteiger partial charge is 0.248 e. The van der Waals surface area contributed by atoms with Gasteiger partial charge in [-0.05, 0) is 41.7 Å². The maximum absolute atomic E-state index is 13.3. The molecule has 3 aromatic rings. The summed E-state index contributed by atoms with van der Waals surface area (Å²) in [5.41, 5.74) is 2.19. The van der Waals surface area contributed by atoms with Crippen LogP contribution in [0.2, 0.25) is 0 Å². The summed E-state index contributed by atoms with van der Waals surface area (Å²) in [7, 11) is 0. The highest BCUT2D eigenvalue weighted by molar-refractivity contribution is 7.19. The van der Waals surface area contributed by atoms with Crippen molar-refractivity contribution in [2.24, 2.45) is 5.92 Å². The van der Waals surface area contributed by atoms with E-state index >= 15 is 0 Å². The molecule has 0 saturated carbocycles. The number of rotatable bonds is 10. The highest BCUT2D eigenvalue weighted by atomic mass is 32.1. The standard InChI is InChI=1S/C25H27F2N3O3S/c1-15(2)13-33-14-18-6-4-5-7-21(18)22-12-28-25(34-22)30-24(32)16(3)29-23(31)10-17-8-19(26)11-20(27)9-17/h4-9,11-12,15-16H,10,13-14H2,1-3H3,(H,29,31)(H,28,30,32). The second-order valence-corrected chi connectivity index (χ2v) is 9.36. The molecule has 0 spiro atoms. The summed E-state index contributed by atoms with van der Waals surface area (Å²) in [5, 5.41) is 5.63. The zero-order chi connectivity index (χ0) is 24.7. The van der Waals surface area contributed by atoms with Gasteiger partial charge in [-0.15, -0.1) is 0 Å². The molecule has 0 aliphatic heterocycles. The second-order valence-electron chi connectivity index (χ2n) is 8.33. The van der Waals surface area contributed by atoms with Crippen LogP contribution < -0.4 is 10.6 Å². The first kappa shape index (κ1) is 25.5. The number of carbonyl (C=O) groups excluding carboxylic acids is 2. The lowest BCUT2D eigenvalue weighted by Gasteiger charge is -2.13. The molecule has 1 aromatic heterocycles. The Morgan fingerprint density at radius 3 is 2.50 bits per heavy atom. The van der Waals surface area contributed by atoms with Crippen LogP contribution in [0.1, 0.15) is 31.9 Å². The van der Waals surface area contributed by atoms with E-state index in [4.69, 9.17) is 4.74 Å². The van der Waals surface area contributed by atoms with Gasteiger partial charge >= 0.3 is 0 Å². The quantitative estimate of drug-likeness (QED) is 0.424. The molecule has 1 unspecified atom stereocenters. The van der Waals surface area contributed by atoms with Crippen molar-refractivity contribution in [2.45, 2.75) is 39.8 Å². The molecule has 9 heteroatoms. The van der Waals surface area contributed by atoms with Crippen LogP contribution >= 0.6 is 11.3 Å². The number of nitrogens with zero attached hydrogens (tertiary/aromatic N) is 1. The molecule has 3 rings (SSSR count). The van der Waals surface area contributed by atoms with Crippen molar-refractivity contribution in [3.8, 4) is 10.4 Å². The molecule has 34 heavy (non-hydrogen) atoms. The topological polar surface area (TPSA) is 80.3 Å².